The first-order valence-electron chi connectivity index (χ1n) is 9.85. The number of H-pyrrole nitrogens is 1. The second-order valence-electron chi connectivity index (χ2n) is 7.61. The number of carbonyl (C=O) groups excluding carboxylic acids is 1. The summed E-state index contributed by atoms with van der Waals surface area (Å²) in [7, 11) is 0. The average molecular weight is 460 g/mol. The topological polar surface area (TPSA) is 100 Å². The van der Waals surface area contributed by atoms with Crippen LogP contribution in [0.1, 0.15) is 30.1 Å². The molecule has 11 heteroatoms. The number of urea groups is 1. The third kappa shape index (κ3) is 3.66. The van der Waals surface area contributed by atoms with E-state index in [0.29, 0.717) is 18.5 Å². The molecule has 2 atom stereocenters. The number of ether oxygens (including phenoxy) is 1. The van der Waals surface area contributed by atoms with Crippen LogP contribution in [-0.4, -0.2) is 32.2 Å². The molecule has 4 heterocycles. The molecule has 164 valence electrons. The number of aromatic amines is 1. The van der Waals surface area contributed by atoms with Gasteiger partial charge in [-0.1, -0.05) is 11.6 Å². The molecule has 0 saturated carbocycles. The molecule has 0 spiro atoms. The minimum absolute atomic E-state index is 0.00398. The fourth-order valence-corrected chi connectivity index (χ4v) is 4.45. The monoisotopic (exact) mass is 459 g/mol. The van der Waals surface area contributed by atoms with Gasteiger partial charge < -0.3 is 15.0 Å². The van der Waals surface area contributed by atoms with Crippen LogP contribution in [0.4, 0.5) is 19.3 Å². The lowest BCUT2D eigenvalue weighted by atomic mass is 9.99. The number of pyridine rings is 1. The van der Waals surface area contributed by atoms with E-state index in [4.69, 9.17) is 16.3 Å². The summed E-state index contributed by atoms with van der Waals surface area (Å²) < 4.78 is 33.1. The van der Waals surface area contributed by atoms with Gasteiger partial charge in [0.2, 0.25) is 5.95 Å². The Labute approximate surface area is 185 Å². The summed E-state index contributed by atoms with van der Waals surface area (Å²) in [6.45, 7) is 0. The summed E-state index contributed by atoms with van der Waals surface area (Å²) in [4.78, 5) is 29.7. The number of nitrogens with zero attached hydrogens (tertiary/aromatic N) is 3. The van der Waals surface area contributed by atoms with Crippen molar-refractivity contribution in [3.8, 4) is 11.5 Å². The van der Waals surface area contributed by atoms with Crippen molar-refractivity contribution >= 4 is 23.3 Å². The molecule has 2 bridgehead atoms. The standard InChI is InChI=1S/C21H16ClF2N5O3/c22-13-7-15(14(23)8-17(13)32-12-2-4-18(24)25-9-12)26-21(31)29-11-1-3-16(29)20-10(5-11)6-19(30)27-28-20/h2,4,6-9,11,16H,1,3,5H2,(H,26,31)(H,27,30). The average Bonchev–Trinajstić information content (AvgIpc) is 3.08. The predicted octanol–water partition coefficient (Wildman–Crippen LogP) is 4.18. The van der Waals surface area contributed by atoms with Crippen molar-refractivity contribution in [3.05, 3.63) is 74.9 Å². The first-order chi connectivity index (χ1) is 15.4. The summed E-state index contributed by atoms with van der Waals surface area (Å²) in [6, 6.07) is 5.34. The van der Waals surface area contributed by atoms with Gasteiger partial charge in [-0.25, -0.2) is 19.3 Å². The highest BCUT2D eigenvalue weighted by Gasteiger charge is 2.44. The van der Waals surface area contributed by atoms with Crippen LogP contribution in [0, 0.1) is 11.8 Å². The number of amides is 2. The number of halogens is 3. The molecule has 0 aliphatic carbocycles. The largest absolute Gasteiger partial charge is 0.454 e. The molecule has 0 radical (unpaired) electrons. The molecular weight excluding hydrogens is 444 g/mol. The van der Waals surface area contributed by atoms with E-state index < -0.39 is 17.8 Å². The SMILES string of the molecule is O=C(Nc1cc(Cl)c(Oc2ccc(F)nc2)cc1F)N1C2CCC1c1n[nH]c(=O)cc1C2. The fourth-order valence-electron chi connectivity index (χ4n) is 4.25. The highest BCUT2D eigenvalue weighted by Crippen LogP contribution is 2.42. The molecule has 3 aromatic rings. The lowest BCUT2D eigenvalue weighted by Gasteiger charge is -2.35. The number of anilines is 1. The number of nitrogens with one attached hydrogen (secondary N) is 2. The second-order valence-corrected chi connectivity index (χ2v) is 8.02. The van der Waals surface area contributed by atoms with Crippen molar-refractivity contribution in [2.24, 2.45) is 0 Å². The van der Waals surface area contributed by atoms with Crippen LogP contribution >= 0.6 is 11.6 Å². The highest BCUT2D eigenvalue weighted by molar-refractivity contribution is 6.32. The number of rotatable bonds is 3. The van der Waals surface area contributed by atoms with Crippen LogP contribution in [0.5, 0.6) is 11.5 Å². The number of carbonyl (C=O) groups is 1. The smallest absolute Gasteiger partial charge is 0.322 e. The summed E-state index contributed by atoms with van der Waals surface area (Å²) in [5.74, 6) is -1.25. The van der Waals surface area contributed by atoms with E-state index >= 15 is 0 Å². The van der Waals surface area contributed by atoms with Crippen LogP contribution in [0.3, 0.4) is 0 Å². The Morgan fingerprint density at radius 3 is 2.88 bits per heavy atom. The molecular formula is C21H16ClF2N5O3. The van der Waals surface area contributed by atoms with Crippen molar-refractivity contribution in [1.29, 1.82) is 0 Å². The molecule has 2 amide bonds. The Hall–Kier alpha value is -3.53. The van der Waals surface area contributed by atoms with Gasteiger partial charge in [-0.3, -0.25) is 4.79 Å². The van der Waals surface area contributed by atoms with Crippen LogP contribution < -0.4 is 15.6 Å². The van der Waals surface area contributed by atoms with Crippen LogP contribution in [-0.2, 0) is 6.42 Å². The third-order valence-electron chi connectivity index (χ3n) is 5.62. The van der Waals surface area contributed by atoms with Crippen molar-refractivity contribution in [1.82, 2.24) is 20.1 Å². The predicted molar refractivity (Wildman–Crippen MR) is 111 cm³/mol. The van der Waals surface area contributed by atoms with Gasteiger partial charge in [0.15, 0.2) is 5.82 Å². The molecule has 2 aromatic heterocycles. The summed E-state index contributed by atoms with van der Waals surface area (Å²) in [5, 5.41) is 9.17. The Morgan fingerprint density at radius 2 is 2.09 bits per heavy atom. The lowest BCUT2D eigenvalue weighted by molar-refractivity contribution is 0.177. The minimum atomic E-state index is -0.750. The van der Waals surface area contributed by atoms with Crippen molar-refractivity contribution in [2.75, 3.05) is 5.32 Å². The molecule has 8 nitrogen and oxygen atoms in total. The maximum Gasteiger partial charge on any atom is 0.322 e. The van der Waals surface area contributed by atoms with E-state index in [1.165, 1.54) is 18.2 Å². The van der Waals surface area contributed by atoms with Gasteiger partial charge in [0.05, 0.1) is 28.6 Å². The van der Waals surface area contributed by atoms with E-state index in [0.717, 1.165) is 30.3 Å². The molecule has 2 unspecified atom stereocenters. The summed E-state index contributed by atoms with van der Waals surface area (Å²) >= 11 is 6.21. The molecule has 2 aliphatic heterocycles. The second kappa shape index (κ2) is 7.86. The van der Waals surface area contributed by atoms with E-state index in [1.807, 2.05) is 0 Å². The molecule has 5 rings (SSSR count). The zero-order valence-electron chi connectivity index (χ0n) is 16.4. The van der Waals surface area contributed by atoms with Gasteiger partial charge in [0, 0.05) is 18.2 Å². The Balaban J connectivity index is 1.36. The number of hydrogen-bond acceptors (Lipinski definition) is 5. The summed E-state index contributed by atoms with van der Waals surface area (Å²) in [5.41, 5.74) is 1.10. The fraction of sp³-hybridized carbons (Fsp3) is 0.238. The number of fused-ring (bicyclic) bond motifs is 4. The maximum absolute atomic E-state index is 14.7. The molecule has 1 fully saturated rings. The van der Waals surface area contributed by atoms with Gasteiger partial charge >= 0.3 is 6.03 Å². The number of aromatic nitrogens is 3. The van der Waals surface area contributed by atoms with E-state index in [9.17, 15) is 18.4 Å². The van der Waals surface area contributed by atoms with E-state index in [1.54, 1.807) is 4.90 Å². The maximum atomic E-state index is 14.7. The van der Waals surface area contributed by atoms with Gasteiger partial charge in [-0.05, 0) is 43.0 Å². The Kier molecular flexibility index (Phi) is 5.01. The van der Waals surface area contributed by atoms with Gasteiger partial charge in [-0.15, -0.1) is 0 Å². The molecule has 1 aromatic carbocycles. The van der Waals surface area contributed by atoms with Gasteiger partial charge in [-0.2, -0.15) is 9.49 Å². The van der Waals surface area contributed by atoms with E-state index in [2.05, 4.69) is 20.5 Å². The van der Waals surface area contributed by atoms with Crippen LogP contribution in [0.2, 0.25) is 5.02 Å². The zero-order valence-corrected chi connectivity index (χ0v) is 17.2. The Bertz CT molecular complexity index is 1270. The summed E-state index contributed by atoms with van der Waals surface area (Å²) in [6.07, 6.45) is 3.11. The van der Waals surface area contributed by atoms with Gasteiger partial charge in [0.25, 0.3) is 5.56 Å². The highest BCUT2D eigenvalue weighted by atomic mass is 35.5. The molecule has 2 aliphatic rings. The first kappa shape index (κ1) is 20.4. The normalized spacial score (nSPS) is 18.9. The molecule has 2 N–H and O–H groups in total. The molecule has 1 saturated heterocycles. The molecule has 32 heavy (non-hydrogen) atoms. The van der Waals surface area contributed by atoms with Crippen molar-refractivity contribution in [3.63, 3.8) is 0 Å². The first-order valence-corrected chi connectivity index (χ1v) is 10.2. The lowest BCUT2D eigenvalue weighted by Crippen LogP contribution is -2.45. The zero-order chi connectivity index (χ0) is 22.4. The van der Waals surface area contributed by atoms with Crippen molar-refractivity contribution < 1.29 is 18.3 Å². The third-order valence-corrected chi connectivity index (χ3v) is 5.92. The quantitative estimate of drug-likeness (QED) is 0.572. The van der Waals surface area contributed by atoms with Crippen LogP contribution in [0.15, 0.2) is 41.3 Å². The Morgan fingerprint density at radius 1 is 1.25 bits per heavy atom. The van der Waals surface area contributed by atoms with Crippen molar-refractivity contribution in [2.45, 2.75) is 31.3 Å². The van der Waals surface area contributed by atoms with E-state index in [-0.39, 0.29) is 39.9 Å². The number of benzene rings is 1. The van der Waals surface area contributed by atoms with Gasteiger partial charge in [0.1, 0.15) is 11.5 Å². The minimum Gasteiger partial charge on any atom is -0.454 e. The number of hydrogen-bond donors (Lipinski definition) is 2. The van der Waals surface area contributed by atoms with Crippen LogP contribution in [0.25, 0.3) is 0 Å².